The third kappa shape index (κ3) is 25.6. The van der Waals surface area contributed by atoms with Crippen LogP contribution in [-0.4, -0.2) is 24.0 Å². The Morgan fingerprint density at radius 1 is 0.565 bits per heavy atom. The molecule has 1 aliphatic rings. The summed E-state index contributed by atoms with van der Waals surface area (Å²) in [6.07, 6.45) is 12.8. The molecule has 335 valence electrons. The maximum atomic E-state index is 11.5. The molecular formula is C57H75FeI2OS+2. The van der Waals surface area contributed by atoms with Crippen molar-refractivity contribution in [1.82, 2.24) is 0 Å². The molecule has 0 saturated heterocycles. The quantitative estimate of drug-likeness (QED) is 0.0440. The van der Waals surface area contributed by atoms with Gasteiger partial charge in [0.15, 0.2) is 12.9 Å². The van der Waals surface area contributed by atoms with Gasteiger partial charge in [0.2, 0.25) is 5.78 Å². The normalized spacial score (nSPS) is 11.1. The number of halogens is 2. The second-order valence-electron chi connectivity index (χ2n) is 15.7. The van der Waals surface area contributed by atoms with Crippen molar-refractivity contribution in [3.05, 3.63) is 220 Å². The van der Waals surface area contributed by atoms with Gasteiger partial charge in [-0.2, -0.15) is 0 Å². The van der Waals surface area contributed by atoms with E-state index < -0.39 is 0 Å². The van der Waals surface area contributed by atoms with Gasteiger partial charge in [-0.05, 0) is 71.1 Å². The fourth-order valence-electron chi connectivity index (χ4n) is 5.90. The molecule has 1 aliphatic carbocycles. The van der Waals surface area contributed by atoms with Crippen molar-refractivity contribution in [2.75, 3.05) is 18.3 Å². The standard InChI is InChI=1S/C16H18I.C15H16I.C10H13OS.C9H12.C5H10.2CH3.Fe/c1-12(2)14-6-10-16(11-7-14)17-15-8-4-13(3)5-9-15;1-3-13-7-9-14(10-8-13)16-15-6-4-5-12(2)11-15;1-12(2)8-10(11)9-6-4-3-5-7-9;1-8(2)9-6-4-3-5-7-9;1-2-4-5-3-1;;;/h4-12H,1-3H3;4-11H,3H2,1-2H3;3-7H,8H2,1-2H3;3-8H,1-2H3;1-5H2;2*1H3;/q-1;2*+1;;;2*-1;+3. The van der Waals surface area contributed by atoms with E-state index in [1.54, 1.807) is 0 Å². The van der Waals surface area contributed by atoms with Gasteiger partial charge < -0.3 is 14.9 Å². The smallest absolute Gasteiger partial charge is 0.358 e. The third-order valence-corrected chi connectivity index (χ3v) is 15.7. The van der Waals surface area contributed by atoms with Gasteiger partial charge in [-0.25, -0.2) is 0 Å². The van der Waals surface area contributed by atoms with Crippen LogP contribution < -0.4 is 42.4 Å². The molecule has 62 heavy (non-hydrogen) atoms. The molecule has 0 bridgehead atoms. The Morgan fingerprint density at radius 3 is 1.47 bits per heavy atom. The molecule has 1 nitrogen and oxygen atoms in total. The molecule has 0 unspecified atom stereocenters. The fraction of sp³-hybridized carbons (Fsp3) is 0.316. The van der Waals surface area contributed by atoms with E-state index >= 15 is 0 Å². The van der Waals surface area contributed by atoms with Crippen LogP contribution in [0, 0.1) is 43.0 Å². The number of aryl methyl sites for hydroxylation is 3. The van der Waals surface area contributed by atoms with Crippen LogP contribution in [0.1, 0.15) is 117 Å². The Hall–Kier alpha value is -2.68. The van der Waals surface area contributed by atoms with Crippen LogP contribution in [0.3, 0.4) is 0 Å². The molecular weight excluding hydrogens is 1040 g/mol. The Morgan fingerprint density at radius 2 is 1.03 bits per heavy atom. The molecule has 7 rings (SSSR count). The molecule has 0 atom stereocenters. The van der Waals surface area contributed by atoms with Crippen molar-refractivity contribution in [3.8, 4) is 0 Å². The van der Waals surface area contributed by atoms with Gasteiger partial charge in [-0.1, -0.05) is 138 Å². The Balaban J connectivity index is 0.000000773. The fourth-order valence-corrected chi connectivity index (χ4v) is 11.2. The van der Waals surface area contributed by atoms with E-state index in [1.165, 1.54) is 74.2 Å². The zero-order chi connectivity index (χ0) is 42.8. The van der Waals surface area contributed by atoms with Gasteiger partial charge in [0.1, 0.15) is 0 Å². The van der Waals surface area contributed by atoms with E-state index in [2.05, 4.69) is 182 Å². The summed E-state index contributed by atoms with van der Waals surface area (Å²) in [6.45, 7) is 15.4. The van der Waals surface area contributed by atoms with Gasteiger partial charge in [0, 0.05) is 5.56 Å². The Kier molecular flexibility index (Phi) is 33.2. The summed E-state index contributed by atoms with van der Waals surface area (Å²) in [6, 6.07) is 56.0. The van der Waals surface area contributed by atoms with Gasteiger partial charge in [-0.3, -0.25) is 4.79 Å². The molecule has 1 saturated carbocycles. The number of carbonyl (C=O) groups excluding carboxylic acids is 1. The van der Waals surface area contributed by atoms with Crippen LogP contribution in [0.25, 0.3) is 0 Å². The molecule has 0 N–H and O–H groups in total. The zero-order valence-electron chi connectivity index (χ0n) is 39.5. The van der Waals surface area contributed by atoms with E-state index in [1.807, 2.05) is 36.4 Å². The van der Waals surface area contributed by atoms with Crippen LogP contribution >= 0.6 is 0 Å². The van der Waals surface area contributed by atoms with E-state index in [9.17, 15) is 4.79 Å². The maximum Gasteiger partial charge on any atom is 3.00 e. The Labute approximate surface area is 414 Å². The van der Waals surface area contributed by atoms with Crippen molar-refractivity contribution >= 4 is 16.7 Å². The molecule has 5 heteroatoms. The van der Waals surface area contributed by atoms with Gasteiger partial charge >= 0.3 is 153 Å². The first-order valence-electron chi connectivity index (χ1n) is 21.2. The summed E-state index contributed by atoms with van der Waals surface area (Å²) in [5, 5.41) is 0. The molecule has 0 amide bonds. The van der Waals surface area contributed by atoms with Crippen molar-refractivity contribution in [2.24, 2.45) is 0 Å². The topological polar surface area (TPSA) is 17.1 Å². The van der Waals surface area contributed by atoms with Gasteiger partial charge in [0.05, 0.1) is 12.5 Å². The molecule has 6 aromatic rings. The van der Waals surface area contributed by atoms with E-state index in [0.717, 1.165) is 12.0 Å². The zero-order valence-corrected chi connectivity index (χ0v) is 45.8. The molecule has 0 spiro atoms. The maximum absolute atomic E-state index is 11.5. The van der Waals surface area contributed by atoms with Crippen LogP contribution in [0.2, 0.25) is 0 Å². The summed E-state index contributed by atoms with van der Waals surface area (Å²) in [5.74, 6) is 2.21. The van der Waals surface area contributed by atoms with Gasteiger partial charge in [-0.15, -0.1) is 0 Å². The first-order valence-corrected chi connectivity index (χ1v) is 27.7. The van der Waals surface area contributed by atoms with Gasteiger partial charge in [0.25, 0.3) is 0 Å². The summed E-state index contributed by atoms with van der Waals surface area (Å²) in [4.78, 5) is 11.5. The van der Waals surface area contributed by atoms with E-state index in [4.69, 9.17) is 0 Å². The monoisotopic (exact) mass is 1120 g/mol. The number of Topliss-reactive ketones (excluding diaryl/α,β-unsaturated/α-hetero) is 1. The largest absolute Gasteiger partial charge is 3.00 e. The number of ketones is 1. The number of carbonyl (C=O) groups is 1. The summed E-state index contributed by atoms with van der Waals surface area (Å²) < 4.78 is 5.99. The van der Waals surface area contributed by atoms with Crippen LogP contribution in [0.15, 0.2) is 158 Å². The predicted molar refractivity (Wildman–Crippen MR) is 265 cm³/mol. The minimum absolute atomic E-state index is 0. The Bertz CT molecular complexity index is 1980. The first kappa shape index (κ1) is 59.3. The second-order valence-corrected chi connectivity index (χ2v) is 24.0. The minimum atomic E-state index is -0.0167. The SMILES string of the molecule is C1CCCC1.CC(C)c1ccccc1.CCc1ccc([I+]c2cccc(C)c2)cc1.C[S+](C)CC(=O)c1ccccc1.Cc1ccc([I-]c2ccc(C(C)C)cc2)cc1.[CH3-].[CH3-].[Fe+3]. The number of benzene rings is 6. The van der Waals surface area contributed by atoms with Crippen molar-refractivity contribution in [2.45, 2.75) is 98.8 Å². The molecule has 6 aromatic carbocycles. The average Bonchev–Trinajstić information content (AvgIpc) is 3.84. The minimum Gasteiger partial charge on any atom is -0.358 e. The molecule has 0 aromatic heterocycles. The first-order chi connectivity index (χ1) is 28.4. The van der Waals surface area contributed by atoms with Crippen LogP contribution in [-0.2, 0) is 34.4 Å². The van der Waals surface area contributed by atoms with E-state index in [0.29, 0.717) is 17.6 Å². The van der Waals surface area contributed by atoms with Crippen LogP contribution in [0.5, 0.6) is 0 Å². The molecule has 0 heterocycles. The molecule has 1 radical (unpaired) electrons. The second kappa shape index (κ2) is 34.7. The number of hydrogen-bond donors (Lipinski definition) is 0. The average molecular weight is 1120 g/mol. The summed E-state index contributed by atoms with van der Waals surface area (Å²) in [5.41, 5.74) is 7.81. The van der Waals surface area contributed by atoms with Crippen molar-refractivity contribution < 1.29 is 64.3 Å². The van der Waals surface area contributed by atoms with Crippen LogP contribution in [0.4, 0.5) is 0 Å². The summed E-state index contributed by atoms with van der Waals surface area (Å²) in [7, 11) is 0.204. The summed E-state index contributed by atoms with van der Waals surface area (Å²) >= 11 is -0.0229. The molecule has 0 aliphatic heterocycles. The third-order valence-electron chi connectivity index (χ3n) is 9.52. The van der Waals surface area contributed by atoms with E-state index in [-0.39, 0.29) is 91.0 Å². The van der Waals surface area contributed by atoms with Crippen molar-refractivity contribution in [1.29, 1.82) is 0 Å². The molecule has 1 fully saturated rings. The number of hydrogen-bond acceptors (Lipinski definition) is 1. The predicted octanol–water partition coefficient (Wildman–Crippen LogP) is 9.34. The van der Waals surface area contributed by atoms with Crippen molar-refractivity contribution in [3.63, 3.8) is 0 Å². The number of rotatable bonds is 10.